The quantitative estimate of drug-likeness (QED) is 0.0844. The molecule has 0 aliphatic rings. The summed E-state index contributed by atoms with van der Waals surface area (Å²) in [7, 11) is 1.64. The minimum absolute atomic E-state index is 0.0461. The van der Waals surface area contributed by atoms with Crippen molar-refractivity contribution in [3.63, 3.8) is 0 Å². The molecule has 0 unspecified atom stereocenters. The zero-order chi connectivity index (χ0) is 35.9. The Labute approximate surface area is 293 Å². The maximum absolute atomic E-state index is 11.8. The predicted octanol–water partition coefficient (Wildman–Crippen LogP) is 0.484. The van der Waals surface area contributed by atoms with E-state index in [1.807, 2.05) is 20.8 Å². The number of amides is 2. The lowest BCUT2D eigenvalue weighted by atomic mass is 9.96. The molecule has 0 spiro atoms. The van der Waals surface area contributed by atoms with Crippen molar-refractivity contribution in [2.75, 3.05) is 172 Å². The number of methoxy groups -OCH3 is 1. The number of ether oxygens (including phenoxy) is 12. The van der Waals surface area contributed by atoms with Gasteiger partial charge in [-0.2, -0.15) is 0 Å². The Balaban J connectivity index is 3.14. The highest BCUT2D eigenvalue weighted by Crippen LogP contribution is 2.11. The van der Waals surface area contributed by atoms with E-state index in [1.165, 1.54) is 0 Å². The van der Waals surface area contributed by atoms with Gasteiger partial charge in [-0.15, -0.1) is 0 Å². The molecule has 0 aliphatic heterocycles. The summed E-state index contributed by atoms with van der Waals surface area (Å²) >= 11 is 0. The first-order valence-corrected chi connectivity index (χ1v) is 17.3. The summed E-state index contributed by atoms with van der Waals surface area (Å²) in [4.78, 5) is 23.5. The van der Waals surface area contributed by atoms with Gasteiger partial charge in [0.05, 0.1) is 152 Å². The molecule has 0 saturated carbocycles. The molecule has 0 aromatic rings. The number of hydrogen-bond donors (Lipinski definition) is 2. The van der Waals surface area contributed by atoms with Crippen molar-refractivity contribution in [1.82, 2.24) is 10.6 Å². The summed E-state index contributed by atoms with van der Waals surface area (Å²) in [5, 5.41) is 5.53. The Kier molecular flexibility index (Phi) is 36.5. The third-order valence-corrected chi connectivity index (χ3v) is 6.04. The van der Waals surface area contributed by atoms with Crippen LogP contribution in [0.5, 0.6) is 0 Å². The lowest BCUT2D eigenvalue weighted by molar-refractivity contribution is -0.128. The first-order valence-electron chi connectivity index (χ1n) is 17.3. The Hall–Kier alpha value is -1.54. The van der Waals surface area contributed by atoms with Crippen LogP contribution in [0.25, 0.3) is 0 Å². The molecule has 16 nitrogen and oxygen atoms in total. The fourth-order valence-corrected chi connectivity index (χ4v) is 3.34. The second-order valence-electron chi connectivity index (χ2n) is 11.3. The van der Waals surface area contributed by atoms with E-state index in [2.05, 4.69) is 10.6 Å². The van der Waals surface area contributed by atoms with Crippen LogP contribution in [-0.2, 0) is 66.4 Å². The first-order chi connectivity index (χ1) is 23.9. The third-order valence-electron chi connectivity index (χ3n) is 6.04. The molecule has 0 rings (SSSR count). The third kappa shape index (κ3) is 39.1. The number of carbonyl (C=O) groups excluding carboxylic acids is 2. The van der Waals surface area contributed by atoms with E-state index in [0.717, 1.165) is 0 Å². The van der Waals surface area contributed by atoms with Crippen LogP contribution in [0, 0.1) is 5.41 Å². The molecule has 2 amide bonds. The number of rotatable bonds is 39. The molecule has 0 atom stereocenters. The monoisotopic (exact) mass is 714 g/mol. The molecule has 2 N–H and O–H groups in total. The summed E-state index contributed by atoms with van der Waals surface area (Å²) in [6, 6.07) is 0. The SMILES string of the molecule is COCCOCCOCCOCCOCCOCCOCCOCCOCCOCCOCCOCCC(=O)NCCNC(=O)C(C)(C)C. The van der Waals surface area contributed by atoms with Gasteiger partial charge in [-0.05, 0) is 0 Å². The van der Waals surface area contributed by atoms with Crippen LogP contribution >= 0.6 is 0 Å². The van der Waals surface area contributed by atoms with E-state index in [1.54, 1.807) is 7.11 Å². The van der Waals surface area contributed by atoms with Gasteiger partial charge in [0.2, 0.25) is 11.8 Å². The van der Waals surface area contributed by atoms with E-state index < -0.39 is 5.41 Å². The standard InChI is InChI=1S/C33H66N2O14/c1-33(2,3)32(37)35-7-6-34-31(36)5-8-39-11-12-41-15-16-43-19-20-45-23-24-47-27-28-49-30-29-48-26-25-46-22-21-44-18-17-42-14-13-40-10-9-38-4/h5-30H2,1-4H3,(H,34,36)(H,35,37). The minimum Gasteiger partial charge on any atom is -0.382 e. The molecule has 0 aromatic heterocycles. The zero-order valence-electron chi connectivity index (χ0n) is 30.6. The van der Waals surface area contributed by atoms with Gasteiger partial charge in [-0.25, -0.2) is 0 Å². The van der Waals surface area contributed by atoms with Crippen LogP contribution in [0.1, 0.15) is 27.2 Å². The van der Waals surface area contributed by atoms with Crippen molar-refractivity contribution in [3.05, 3.63) is 0 Å². The summed E-state index contributed by atoms with van der Waals surface area (Å²) in [5.74, 6) is -0.165. The molecule has 0 aliphatic carbocycles. The van der Waals surface area contributed by atoms with Crippen molar-refractivity contribution in [1.29, 1.82) is 0 Å². The minimum atomic E-state index is -0.444. The lowest BCUT2D eigenvalue weighted by Crippen LogP contribution is -2.40. The summed E-state index contributed by atoms with van der Waals surface area (Å²) < 4.78 is 64.7. The Morgan fingerprint density at radius 2 is 0.633 bits per heavy atom. The van der Waals surface area contributed by atoms with Gasteiger partial charge < -0.3 is 67.5 Å². The van der Waals surface area contributed by atoms with E-state index in [0.29, 0.717) is 165 Å². The lowest BCUT2D eigenvalue weighted by Gasteiger charge is -2.17. The highest BCUT2D eigenvalue weighted by Gasteiger charge is 2.20. The molecular formula is C33H66N2O14. The van der Waals surface area contributed by atoms with E-state index in [9.17, 15) is 9.59 Å². The van der Waals surface area contributed by atoms with Gasteiger partial charge in [-0.3, -0.25) is 9.59 Å². The van der Waals surface area contributed by atoms with Gasteiger partial charge in [0, 0.05) is 32.0 Å². The Morgan fingerprint density at radius 3 is 0.898 bits per heavy atom. The van der Waals surface area contributed by atoms with Crippen molar-refractivity contribution < 1.29 is 66.4 Å². The predicted molar refractivity (Wildman–Crippen MR) is 181 cm³/mol. The van der Waals surface area contributed by atoms with Gasteiger partial charge in [-0.1, -0.05) is 20.8 Å². The smallest absolute Gasteiger partial charge is 0.225 e. The molecule has 0 radical (unpaired) electrons. The largest absolute Gasteiger partial charge is 0.382 e. The van der Waals surface area contributed by atoms with Crippen LogP contribution in [-0.4, -0.2) is 184 Å². The average Bonchev–Trinajstić information content (AvgIpc) is 3.07. The van der Waals surface area contributed by atoms with Crippen LogP contribution in [0.4, 0.5) is 0 Å². The summed E-state index contributed by atoms with van der Waals surface area (Å²) in [6.45, 7) is 17.6. The maximum Gasteiger partial charge on any atom is 0.225 e. The molecule has 0 fully saturated rings. The Morgan fingerprint density at radius 1 is 0.388 bits per heavy atom. The maximum atomic E-state index is 11.8. The zero-order valence-corrected chi connectivity index (χ0v) is 30.6. The van der Waals surface area contributed by atoms with Crippen molar-refractivity contribution in [2.45, 2.75) is 27.2 Å². The molecule has 0 heterocycles. The molecule has 0 saturated heterocycles. The first kappa shape index (κ1) is 47.5. The second-order valence-corrected chi connectivity index (χ2v) is 11.3. The molecule has 16 heteroatoms. The van der Waals surface area contributed by atoms with E-state index in [4.69, 9.17) is 56.8 Å². The van der Waals surface area contributed by atoms with Crippen LogP contribution in [0.2, 0.25) is 0 Å². The molecule has 0 aromatic carbocycles. The fraction of sp³-hybridized carbons (Fsp3) is 0.939. The summed E-state index contributed by atoms with van der Waals surface area (Å²) in [6.07, 6.45) is 0.256. The van der Waals surface area contributed by atoms with E-state index >= 15 is 0 Å². The fourth-order valence-electron chi connectivity index (χ4n) is 3.34. The average molecular weight is 715 g/mol. The van der Waals surface area contributed by atoms with Gasteiger partial charge >= 0.3 is 0 Å². The second kappa shape index (κ2) is 37.7. The highest BCUT2D eigenvalue weighted by atomic mass is 16.6. The van der Waals surface area contributed by atoms with Crippen LogP contribution < -0.4 is 10.6 Å². The molecular weight excluding hydrogens is 648 g/mol. The van der Waals surface area contributed by atoms with Crippen molar-refractivity contribution in [3.8, 4) is 0 Å². The number of hydrogen-bond acceptors (Lipinski definition) is 14. The van der Waals surface area contributed by atoms with Gasteiger partial charge in [0.25, 0.3) is 0 Å². The van der Waals surface area contributed by atoms with Crippen LogP contribution in [0.15, 0.2) is 0 Å². The normalized spacial score (nSPS) is 11.7. The highest BCUT2D eigenvalue weighted by molar-refractivity contribution is 5.81. The van der Waals surface area contributed by atoms with Crippen LogP contribution in [0.3, 0.4) is 0 Å². The van der Waals surface area contributed by atoms with Gasteiger partial charge in [0.15, 0.2) is 0 Å². The molecule has 49 heavy (non-hydrogen) atoms. The molecule has 292 valence electrons. The summed E-state index contributed by atoms with van der Waals surface area (Å²) in [5.41, 5.74) is -0.444. The van der Waals surface area contributed by atoms with Gasteiger partial charge in [0.1, 0.15) is 0 Å². The van der Waals surface area contributed by atoms with Crippen molar-refractivity contribution in [2.24, 2.45) is 5.41 Å². The number of carbonyl (C=O) groups is 2. The Bertz CT molecular complexity index is 715. The van der Waals surface area contributed by atoms with Crippen molar-refractivity contribution >= 4 is 11.8 Å². The topological polar surface area (TPSA) is 169 Å². The van der Waals surface area contributed by atoms with E-state index in [-0.39, 0.29) is 18.2 Å². The number of nitrogens with one attached hydrogen (secondary N) is 2. The molecule has 0 bridgehead atoms.